The molecule has 5 rings (SSSR count). The Kier molecular flexibility index (Phi) is 5.39. The zero-order valence-electron chi connectivity index (χ0n) is 17.3. The van der Waals surface area contributed by atoms with Crippen LogP contribution in [0.3, 0.4) is 0 Å². The summed E-state index contributed by atoms with van der Waals surface area (Å²) >= 11 is 0. The molecule has 0 saturated heterocycles. The zero-order valence-corrected chi connectivity index (χ0v) is 17.3. The molecular weight excluding hydrogens is 408 g/mol. The van der Waals surface area contributed by atoms with E-state index in [0.29, 0.717) is 12.3 Å². The van der Waals surface area contributed by atoms with Crippen LogP contribution < -0.4 is 10.6 Å². The summed E-state index contributed by atoms with van der Waals surface area (Å²) < 4.78 is 11.1. The van der Waals surface area contributed by atoms with Crippen LogP contribution in [0.1, 0.15) is 29.5 Å². The largest absolute Gasteiger partial charge is 0.501 e. The van der Waals surface area contributed by atoms with E-state index in [2.05, 4.69) is 25.8 Å². The highest BCUT2D eigenvalue weighted by atomic mass is 16.5. The van der Waals surface area contributed by atoms with Crippen molar-refractivity contribution >= 4 is 23.6 Å². The lowest BCUT2D eigenvalue weighted by atomic mass is 10.0. The van der Waals surface area contributed by atoms with E-state index in [4.69, 9.17) is 14.1 Å². The van der Waals surface area contributed by atoms with Crippen molar-refractivity contribution in [2.45, 2.75) is 24.9 Å². The lowest BCUT2D eigenvalue weighted by Crippen LogP contribution is -2.37. The summed E-state index contributed by atoms with van der Waals surface area (Å²) in [5.74, 6) is 1.15. The molecule has 32 heavy (non-hydrogen) atoms. The number of rotatable bonds is 5. The molecule has 3 unspecified atom stereocenters. The van der Waals surface area contributed by atoms with Crippen LogP contribution in [-0.2, 0) is 4.74 Å². The van der Waals surface area contributed by atoms with Crippen LogP contribution in [0.5, 0.6) is 0 Å². The van der Waals surface area contributed by atoms with E-state index in [-0.39, 0.29) is 12.1 Å². The number of aromatic nitrogens is 2. The molecule has 3 atom stereocenters. The third-order valence-electron chi connectivity index (χ3n) is 5.28. The zero-order chi connectivity index (χ0) is 21.9. The number of ether oxygens (including phenoxy) is 1. The highest BCUT2D eigenvalue weighted by Gasteiger charge is 2.28. The molecule has 1 aromatic heterocycles. The Balaban J connectivity index is 1.43. The number of aliphatic hydroxyl groups is 1. The van der Waals surface area contributed by atoms with Gasteiger partial charge >= 0.3 is 6.01 Å². The van der Waals surface area contributed by atoms with E-state index in [9.17, 15) is 5.11 Å². The first-order valence-electron chi connectivity index (χ1n) is 10.2. The molecule has 162 valence electrons. The lowest BCUT2D eigenvalue weighted by molar-refractivity contribution is 0.182. The average molecular weight is 430 g/mol. The predicted octanol–water partition coefficient (Wildman–Crippen LogP) is 3.14. The maximum atomic E-state index is 10.8. The van der Waals surface area contributed by atoms with E-state index in [1.54, 1.807) is 19.4 Å². The van der Waals surface area contributed by atoms with Crippen LogP contribution in [0.2, 0.25) is 0 Å². The standard InChI is InChI=1S/C23H22N6O3/c1-31-15-11-12-24-18(13-15)22-28-29-23(32-22)27-20-21(30)25-17-10-6-5-9-16(17)19(26-20)14-7-3-2-4-8-14/h2-12,18,20-21,25,30H,13H2,1H3,(H,27,29). The van der Waals surface area contributed by atoms with Crippen LogP contribution in [-0.4, -0.2) is 46.7 Å². The Bertz CT molecular complexity index is 1190. The third kappa shape index (κ3) is 3.97. The minimum Gasteiger partial charge on any atom is -0.501 e. The fourth-order valence-electron chi connectivity index (χ4n) is 3.67. The van der Waals surface area contributed by atoms with E-state index in [1.165, 1.54) is 0 Å². The number of nitrogens with zero attached hydrogens (tertiary/aromatic N) is 4. The van der Waals surface area contributed by atoms with Gasteiger partial charge in [0.2, 0.25) is 5.89 Å². The molecular formula is C23H22N6O3. The van der Waals surface area contributed by atoms with Gasteiger partial charge in [0, 0.05) is 29.4 Å². The molecule has 9 nitrogen and oxygen atoms in total. The van der Waals surface area contributed by atoms with Crippen molar-refractivity contribution in [1.29, 1.82) is 0 Å². The van der Waals surface area contributed by atoms with E-state index in [0.717, 1.165) is 28.3 Å². The van der Waals surface area contributed by atoms with Gasteiger partial charge in [-0.25, -0.2) is 0 Å². The smallest absolute Gasteiger partial charge is 0.317 e. The van der Waals surface area contributed by atoms with Crippen molar-refractivity contribution in [3.63, 3.8) is 0 Å². The van der Waals surface area contributed by atoms with Gasteiger partial charge in [0.25, 0.3) is 0 Å². The number of anilines is 2. The van der Waals surface area contributed by atoms with Crippen molar-refractivity contribution < 1.29 is 14.3 Å². The first kappa shape index (κ1) is 20.0. The van der Waals surface area contributed by atoms with Crippen molar-refractivity contribution in [2.24, 2.45) is 9.98 Å². The van der Waals surface area contributed by atoms with Crippen molar-refractivity contribution in [3.8, 4) is 0 Å². The fourth-order valence-corrected chi connectivity index (χ4v) is 3.67. The number of allylic oxidation sites excluding steroid dienone is 1. The maximum absolute atomic E-state index is 10.8. The number of hydrogen-bond acceptors (Lipinski definition) is 9. The Morgan fingerprint density at radius 1 is 1.09 bits per heavy atom. The number of methoxy groups -OCH3 is 1. The van der Waals surface area contributed by atoms with Crippen molar-refractivity contribution in [3.05, 3.63) is 83.5 Å². The second-order valence-electron chi connectivity index (χ2n) is 7.37. The molecule has 0 spiro atoms. The number of para-hydroxylation sites is 1. The van der Waals surface area contributed by atoms with Crippen molar-refractivity contribution in [2.75, 3.05) is 17.7 Å². The molecule has 3 heterocycles. The number of aliphatic hydroxyl groups excluding tert-OH is 1. The Hall–Kier alpha value is -3.98. The summed E-state index contributed by atoms with van der Waals surface area (Å²) in [5, 5.41) is 25.2. The number of hydrogen-bond donors (Lipinski definition) is 3. The molecule has 0 amide bonds. The number of nitrogens with one attached hydrogen (secondary N) is 2. The number of benzodiazepines with no additional fused rings is 1. The SMILES string of the molecule is COC1=CC=NC(c2nnc(NC3N=C(c4ccccc4)c4ccccc4NC3O)o2)C1. The van der Waals surface area contributed by atoms with Gasteiger partial charge in [0.15, 0.2) is 12.4 Å². The predicted molar refractivity (Wildman–Crippen MR) is 121 cm³/mol. The minimum atomic E-state index is -1.02. The molecule has 0 fully saturated rings. The van der Waals surface area contributed by atoms with Gasteiger partial charge in [0.1, 0.15) is 6.04 Å². The maximum Gasteiger partial charge on any atom is 0.317 e. The molecule has 0 radical (unpaired) electrons. The topological polar surface area (TPSA) is 117 Å². The highest BCUT2D eigenvalue weighted by Crippen LogP contribution is 2.29. The summed E-state index contributed by atoms with van der Waals surface area (Å²) in [4.78, 5) is 9.19. The second kappa shape index (κ2) is 8.64. The highest BCUT2D eigenvalue weighted by molar-refractivity contribution is 6.16. The van der Waals surface area contributed by atoms with Crippen LogP contribution in [0.15, 0.2) is 80.8 Å². The van der Waals surface area contributed by atoms with Gasteiger partial charge in [-0.2, -0.15) is 0 Å². The molecule has 2 aliphatic rings. The van der Waals surface area contributed by atoms with E-state index < -0.39 is 12.4 Å². The van der Waals surface area contributed by atoms with Gasteiger partial charge < -0.3 is 24.9 Å². The lowest BCUT2D eigenvalue weighted by Gasteiger charge is -2.19. The first-order valence-corrected chi connectivity index (χ1v) is 10.2. The third-order valence-corrected chi connectivity index (χ3v) is 5.28. The van der Waals surface area contributed by atoms with Crippen LogP contribution in [0.25, 0.3) is 0 Å². The summed E-state index contributed by atoms with van der Waals surface area (Å²) in [5.41, 5.74) is 3.36. The number of dihydropyridines is 1. The van der Waals surface area contributed by atoms with Gasteiger partial charge in [0.05, 0.1) is 18.6 Å². The Morgan fingerprint density at radius 3 is 2.75 bits per heavy atom. The summed E-state index contributed by atoms with van der Waals surface area (Å²) in [7, 11) is 1.61. The molecule has 2 aliphatic heterocycles. The van der Waals surface area contributed by atoms with Gasteiger partial charge in [-0.15, -0.1) is 5.10 Å². The molecule has 2 aromatic carbocycles. The van der Waals surface area contributed by atoms with E-state index in [1.807, 2.05) is 54.6 Å². The minimum absolute atomic E-state index is 0.150. The van der Waals surface area contributed by atoms with E-state index >= 15 is 0 Å². The first-order chi connectivity index (χ1) is 15.7. The van der Waals surface area contributed by atoms with Gasteiger partial charge in [-0.3, -0.25) is 9.98 Å². The summed E-state index contributed by atoms with van der Waals surface area (Å²) in [6, 6.07) is 17.4. The van der Waals surface area contributed by atoms with Crippen LogP contribution in [0, 0.1) is 0 Å². The number of benzene rings is 2. The van der Waals surface area contributed by atoms with Crippen LogP contribution >= 0.6 is 0 Å². The molecule has 3 N–H and O–H groups in total. The fraction of sp³-hybridized carbons (Fsp3) is 0.217. The average Bonchev–Trinajstić information content (AvgIpc) is 3.26. The van der Waals surface area contributed by atoms with Crippen LogP contribution in [0.4, 0.5) is 11.7 Å². The molecule has 0 aliphatic carbocycles. The quantitative estimate of drug-likeness (QED) is 0.569. The Labute approximate surface area is 184 Å². The number of aliphatic imine (C=N–C) groups is 2. The Morgan fingerprint density at radius 2 is 1.91 bits per heavy atom. The van der Waals surface area contributed by atoms with Crippen molar-refractivity contribution in [1.82, 2.24) is 10.2 Å². The normalized spacial score (nSPS) is 22.1. The molecule has 9 heteroatoms. The molecule has 0 saturated carbocycles. The molecule has 3 aromatic rings. The second-order valence-corrected chi connectivity index (χ2v) is 7.37. The number of fused-ring (bicyclic) bond motifs is 1. The molecule has 0 bridgehead atoms. The van der Waals surface area contributed by atoms with Gasteiger partial charge in [-0.05, 0) is 12.1 Å². The summed E-state index contributed by atoms with van der Waals surface area (Å²) in [6.45, 7) is 0. The summed E-state index contributed by atoms with van der Waals surface area (Å²) in [6.07, 6.45) is 2.21. The monoisotopic (exact) mass is 430 g/mol. The van der Waals surface area contributed by atoms with Gasteiger partial charge in [-0.1, -0.05) is 53.6 Å².